The molecule has 23 heavy (non-hydrogen) atoms. The number of aromatic nitrogens is 1. The van der Waals surface area contributed by atoms with Gasteiger partial charge in [0.25, 0.3) is 0 Å². The van der Waals surface area contributed by atoms with Crippen molar-refractivity contribution < 1.29 is 0 Å². The molecule has 6 heteroatoms. The van der Waals surface area contributed by atoms with Crippen LogP contribution < -0.4 is 5.43 Å². The molecule has 0 spiro atoms. The fraction of sp³-hybridized carbons (Fsp3) is 0.0588. The second-order valence-corrected chi connectivity index (χ2v) is 6.87. The maximum Gasteiger partial charge on any atom is 0.204 e. The molecule has 0 bridgehead atoms. The number of hydrogen-bond acceptors (Lipinski definition) is 4. The lowest BCUT2D eigenvalue weighted by Gasteiger charge is -1.98. The number of rotatable bonds is 4. The Morgan fingerprint density at radius 2 is 1.91 bits per heavy atom. The Balaban J connectivity index is 1.75. The summed E-state index contributed by atoms with van der Waals surface area (Å²) < 4.78 is 0. The van der Waals surface area contributed by atoms with Crippen LogP contribution >= 0.6 is 34.5 Å². The molecule has 0 amide bonds. The summed E-state index contributed by atoms with van der Waals surface area (Å²) in [5.74, 6) is 0. The smallest absolute Gasteiger partial charge is 0.204 e. The minimum atomic E-state index is 0.559. The monoisotopic (exact) mass is 361 g/mol. The Hall–Kier alpha value is -1.88. The van der Waals surface area contributed by atoms with Crippen molar-refractivity contribution in [1.82, 2.24) is 4.98 Å². The van der Waals surface area contributed by atoms with E-state index in [2.05, 4.69) is 15.5 Å². The minimum absolute atomic E-state index is 0.559. The molecular weight excluding hydrogens is 349 g/mol. The highest BCUT2D eigenvalue weighted by Gasteiger charge is 2.08. The zero-order valence-electron chi connectivity index (χ0n) is 12.3. The van der Waals surface area contributed by atoms with Crippen molar-refractivity contribution in [1.29, 1.82) is 0 Å². The summed E-state index contributed by atoms with van der Waals surface area (Å²) in [4.78, 5) is 5.72. The summed E-state index contributed by atoms with van der Waals surface area (Å²) in [5.41, 5.74) is 5.81. The standard InChI is InChI=1S/C17H13Cl2N3S/c1-11-16(12-5-3-2-4-6-12)21-17(23-11)22-20-10-13-7-8-14(18)9-15(13)19/h2-10H,1H3,(H,21,22)/b20-10+. The van der Waals surface area contributed by atoms with E-state index in [1.54, 1.807) is 29.7 Å². The van der Waals surface area contributed by atoms with E-state index in [9.17, 15) is 0 Å². The molecule has 1 N–H and O–H groups in total. The molecule has 3 rings (SSSR count). The molecule has 0 fully saturated rings. The second-order valence-electron chi connectivity index (χ2n) is 4.83. The zero-order chi connectivity index (χ0) is 16.2. The van der Waals surface area contributed by atoms with Gasteiger partial charge in [0, 0.05) is 21.0 Å². The average Bonchev–Trinajstić information content (AvgIpc) is 2.91. The van der Waals surface area contributed by atoms with Gasteiger partial charge in [-0.05, 0) is 19.1 Å². The van der Waals surface area contributed by atoms with Gasteiger partial charge in [-0.15, -0.1) is 11.3 Å². The van der Waals surface area contributed by atoms with Gasteiger partial charge in [-0.1, -0.05) is 59.6 Å². The number of hydrogen-bond donors (Lipinski definition) is 1. The lowest BCUT2D eigenvalue weighted by molar-refractivity contribution is 1.28. The fourth-order valence-electron chi connectivity index (χ4n) is 2.07. The lowest BCUT2D eigenvalue weighted by atomic mass is 10.1. The third-order valence-electron chi connectivity index (χ3n) is 3.17. The molecule has 3 nitrogen and oxygen atoms in total. The SMILES string of the molecule is Cc1sc(N/N=C/c2ccc(Cl)cc2Cl)nc1-c1ccccc1. The molecule has 0 saturated carbocycles. The van der Waals surface area contributed by atoms with Crippen molar-refractivity contribution in [3.05, 3.63) is 69.0 Å². The second kappa shape index (κ2) is 7.13. The Bertz CT molecular complexity index is 844. The third kappa shape index (κ3) is 3.91. The molecule has 0 saturated heterocycles. The molecule has 1 heterocycles. The Morgan fingerprint density at radius 1 is 1.13 bits per heavy atom. The van der Waals surface area contributed by atoms with Crippen LogP contribution in [0.4, 0.5) is 5.13 Å². The van der Waals surface area contributed by atoms with Gasteiger partial charge in [0.2, 0.25) is 5.13 Å². The molecular formula is C17H13Cl2N3S. The van der Waals surface area contributed by atoms with Crippen molar-refractivity contribution in [2.75, 3.05) is 5.43 Å². The Labute approximate surface area is 148 Å². The molecule has 0 unspecified atom stereocenters. The van der Waals surface area contributed by atoms with Crippen molar-refractivity contribution in [2.45, 2.75) is 6.92 Å². The number of nitrogens with zero attached hydrogens (tertiary/aromatic N) is 2. The van der Waals surface area contributed by atoms with Crippen LogP contribution in [0.3, 0.4) is 0 Å². The van der Waals surface area contributed by atoms with Gasteiger partial charge in [-0.3, -0.25) is 5.43 Å². The van der Waals surface area contributed by atoms with E-state index >= 15 is 0 Å². The molecule has 3 aromatic rings. The van der Waals surface area contributed by atoms with E-state index < -0.39 is 0 Å². The van der Waals surface area contributed by atoms with Crippen LogP contribution in [0.15, 0.2) is 53.6 Å². The van der Waals surface area contributed by atoms with E-state index in [0.29, 0.717) is 10.0 Å². The van der Waals surface area contributed by atoms with Crippen LogP contribution in [0.5, 0.6) is 0 Å². The normalized spacial score (nSPS) is 11.1. The predicted molar refractivity (Wildman–Crippen MR) is 100.0 cm³/mol. The highest BCUT2D eigenvalue weighted by Crippen LogP contribution is 2.30. The molecule has 0 aliphatic heterocycles. The summed E-state index contributed by atoms with van der Waals surface area (Å²) in [6, 6.07) is 15.4. The number of thiazole rings is 1. The van der Waals surface area contributed by atoms with Crippen LogP contribution in [-0.4, -0.2) is 11.2 Å². The Kier molecular flexibility index (Phi) is 4.96. The number of benzene rings is 2. The van der Waals surface area contributed by atoms with E-state index in [1.165, 1.54) is 0 Å². The highest BCUT2D eigenvalue weighted by molar-refractivity contribution is 7.15. The quantitative estimate of drug-likeness (QED) is 0.465. The topological polar surface area (TPSA) is 37.3 Å². The molecule has 0 atom stereocenters. The van der Waals surface area contributed by atoms with Crippen molar-refractivity contribution in [2.24, 2.45) is 5.10 Å². The number of nitrogens with one attached hydrogen (secondary N) is 1. The van der Waals surface area contributed by atoms with Crippen LogP contribution in [0.25, 0.3) is 11.3 Å². The van der Waals surface area contributed by atoms with Crippen molar-refractivity contribution in [3.8, 4) is 11.3 Å². The largest absolute Gasteiger partial charge is 0.253 e. The van der Waals surface area contributed by atoms with E-state index in [-0.39, 0.29) is 0 Å². The summed E-state index contributed by atoms with van der Waals surface area (Å²) >= 11 is 13.5. The summed E-state index contributed by atoms with van der Waals surface area (Å²) in [6.45, 7) is 2.05. The number of hydrazone groups is 1. The molecule has 116 valence electrons. The van der Waals surface area contributed by atoms with Crippen molar-refractivity contribution in [3.63, 3.8) is 0 Å². The molecule has 0 aliphatic rings. The Morgan fingerprint density at radius 3 is 2.65 bits per heavy atom. The number of anilines is 1. The number of aryl methyl sites for hydroxylation is 1. The van der Waals surface area contributed by atoms with E-state index in [1.807, 2.05) is 43.3 Å². The molecule has 2 aromatic carbocycles. The molecule has 0 aliphatic carbocycles. The van der Waals surface area contributed by atoms with Crippen LogP contribution in [0.1, 0.15) is 10.4 Å². The zero-order valence-corrected chi connectivity index (χ0v) is 14.6. The summed E-state index contributed by atoms with van der Waals surface area (Å²) in [7, 11) is 0. The van der Waals surface area contributed by atoms with Gasteiger partial charge in [0.1, 0.15) is 0 Å². The molecule has 1 aromatic heterocycles. The fourth-order valence-corrected chi connectivity index (χ4v) is 3.31. The van der Waals surface area contributed by atoms with E-state index in [0.717, 1.165) is 26.8 Å². The maximum absolute atomic E-state index is 6.10. The first-order valence-corrected chi connectivity index (χ1v) is 8.48. The van der Waals surface area contributed by atoms with Crippen LogP contribution in [0, 0.1) is 6.92 Å². The first kappa shape index (κ1) is 16.0. The number of halogens is 2. The van der Waals surface area contributed by atoms with Gasteiger partial charge in [0.15, 0.2) is 0 Å². The summed E-state index contributed by atoms with van der Waals surface area (Å²) in [5, 5.41) is 6.09. The van der Waals surface area contributed by atoms with Crippen molar-refractivity contribution >= 4 is 45.9 Å². The van der Waals surface area contributed by atoms with Gasteiger partial charge in [0.05, 0.1) is 16.9 Å². The predicted octanol–water partition coefficient (Wildman–Crippen LogP) is 5.87. The minimum Gasteiger partial charge on any atom is -0.253 e. The van der Waals surface area contributed by atoms with Gasteiger partial charge < -0.3 is 0 Å². The highest BCUT2D eigenvalue weighted by atomic mass is 35.5. The lowest BCUT2D eigenvalue weighted by Crippen LogP contribution is -1.91. The van der Waals surface area contributed by atoms with Gasteiger partial charge >= 0.3 is 0 Å². The summed E-state index contributed by atoms with van der Waals surface area (Å²) in [6.07, 6.45) is 1.65. The first-order valence-electron chi connectivity index (χ1n) is 6.90. The van der Waals surface area contributed by atoms with Crippen LogP contribution in [-0.2, 0) is 0 Å². The third-order valence-corrected chi connectivity index (χ3v) is 4.61. The average molecular weight is 362 g/mol. The van der Waals surface area contributed by atoms with E-state index in [4.69, 9.17) is 23.2 Å². The van der Waals surface area contributed by atoms with Gasteiger partial charge in [-0.2, -0.15) is 5.10 Å². The maximum atomic E-state index is 6.10. The first-order chi connectivity index (χ1) is 11.1. The van der Waals surface area contributed by atoms with Crippen LogP contribution in [0.2, 0.25) is 10.0 Å². The van der Waals surface area contributed by atoms with Gasteiger partial charge in [-0.25, -0.2) is 4.98 Å². The molecule has 0 radical (unpaired) electrons.